The Kier molecular flexibility index (Phi) is 4.05. The van der Waals surface area contributed by atoms with Crippen LogP contribution in [0.5, 0.6) is 0 Å². The minimum Gasteiger partial charge on any atom is -0.378 e. The molecule has 0 unspecified atom stereocenters. The van der Waals surface area contributed by atoms with Gasteiger partial charge in [0, 0.05) is 31.3 Å². The summed E-state index contributed by atoms with van der Waals surface area (Å²) in [5.74, 6) is -0.303. The van der Waals surface area contributed by atoms with Crippen LogP contribution in [0.1, 0.15) is 16.1 Å². The number of hydrogen-bond donors (Lipinski definition) is 3. The number of nitrogens with zero attached hydrogens (tertiary/aromatic N) is 3. The monoisotopic (exact) mass is 294 g/mol. The first-order chi connectivity index (χ1) is 10.8. The number of hydrogen-bond acceptors (Lipinski definition) is 5. The lowest BCUT2D eigenvalue weighted by Gasteiger charge is -2.07. The quantitative estimate of drug-likeness (QED) is 0.669. The summed E-state index contributed by atoms with van der Waals surface area (Å²) in [6, 6.07) is 7.33. The number of nitrogens with one attached hydrogen (secondary N) is 3. The predicted molar refractivity (Wildman–Crippen MR) is 82.3 cm³/mol. The van der Waals surface area contributed by atoms with Crippen LogP contribution in [0.3, 0.4) is 0 Å². The normalized spacial score (nSPS) is 10.2. The zero-order valence-corrected chi connectivity index (χ0v) is 11.7. The highest BCUT2D eigenvalue weighted by Crippen LogP contribution is 2.15. The van der Waals surface area contributed by atoms with E-state index in [1.165, 1.54) is 0 Å². The number of carbonyl (C=O) groups excluding carboxylic acids is 1. The lowest BCUT2D eigenvalue weighted by Crippen LogP contribution is -2.15. The molecule has 110 valence electrons. The number of H-pyrrole nitrogens is 1. The molecule has 3 aromatic rings. The second kappa shape index (κ2) is 6.49. The highest BCUT2D eigenvalue weighted by Gasteiger charge is 2.14. The van der Waals surface area contributed by atoms with Crippen LogP contribution in [-0.4, -0.2) is 26.1 Å². The number of rotatable bonds is 5. The summed E-state index contributed by atoms with van der Waals surface area (Å²) in [5.41, 5.74) is 2.56. The van der Waals surface area contributed by atoms with Crippen LogP contribution in [0.15, 0.2) is 55.2 Å². The van der Waals surface area contributed by atoms with Crippen molar-refractivity contribution >= 4 is 17.3 Å². The Labute approximate surface area is 126 Å². The van der Waals surface area contributed by atoms with E-state index >= 15 is 0 Å². The molecule has 3 heterocycles. The highest BCUT2D eigenvalue weighted by molar-refractivity contribution is 6.06. The maximum Gasteiger partial charge on any atom is 0.278 e. The minimum atomic E-state index is -0.303. The number of carbonyl (C=O) groups is 1. The molecule has 0 bridgehead atoms. The third-order valence-corrected chi connectivity index (χ3v) is 2.98. The van der Waals surface area contributed by atoms with Gasteiger partial charge in [0.05, 0.1) is 17.6 Å². The van der Waals surface area contributed by atoms with Crippen LogP contribution < -0.4 is 10.6 Å². The summed E-state index contributed by atoms with van der Waals surface area (Å²) in [5, 5.41) is 12.6. The standard InChI is InChI=1S/C15H14N6O/c22-15(20-12-4-2-6-17-9-12)14-13(10-19-21-14)18-8-11-3-1-5-16-7-11/h1-7,9-10,18H,8H2,(H,19,21)(H,20,22). The number of amides is 1. The summed E-state index contributed by atoms with van der Waals surface area (Å²) in [6.45, 7) is 0.556. The van der Waals surface area contributed by atoms with Gasteiger partial charge in [-0.3, -0.25) is 19.9 Å². The molecule has 0 saturated heterocycles. The molecule has 0 radical (unpaired) electrons. The second-order valence-corrected chi connectivity index (χ2v) is 4.56. The fourth-order valence-corrected chi connectivity index (χ4v) is 1.92. The van der Waals surface area contributed by atoms with Crippen molar-refractivity contribution in [3.05, 3.63) is 66.5 Å². The molecule has 22 heavy (non-hydrogen) atoms. The number of aromatic amines is 1. The molecule has 7 nitrogen and oxygen atoms in total. The van der Waals surface area contributed by atoms with Crippen LogP contribution in [0, 0.1) is 0 Å². The molecular formula is C15H14N6O. The number of aromatic nitrogens is 4. The van der Waals surface area contributed by atoms with Gasteiger partial charge in [-0.2, -0.15) is 5.10 Å². The maximum atomic E-state index is 12.2. The van der Waals surface area contributed by atoms with E-state index in [4.69, 9.17) is 0 Å². The van der Waals surface area contributed by atoms with Gasteiger partial charge in [-0.1, -0.05) is 6.07 Å². The van der Waals surface area contributed by atoms with Gasteiger partial charge in [-0.25, -0.2) is 0 Å². The zero-order valence-electron chi connectivity index (χ0n) is 11.7. The molecule has 0 atom stereocenters. The molecule has 0 aromatic carbocycles. The van der Waals surface area contributed by atoms with Gasteiger partial charge in [-0.05, 0) is 23.8 Å². The molecule has 7 heteroatoms. The molecule has 0 fully saturated rings. The first-order valence-electron chi connectivity index (χ1n) is 6.71. The van der Waals surface area contributed by atoms with Gasteiger partial charge < -0.3 is 10.6 Å². The van der Waals surface area contributed by atoms with Crippen molar-refractivity contribution in [3.8, 4) is 0 Å². The van der Waals surface area contributed by atoms with E-state index in [0.717, 1.165) is 5.56 Å². The summed E-state index contributed by atoms with van der Waals surface area (Å²) in [6.07, 6.45) is 8.35. The van der Waals surface area contributed by atoms with Gasteiger partial charge in [0.2, 0.25) is 0 Å². The van der Waals surface area contributed by atoms with E-state index in [2.05, 4.69) is 30.8 Å². The summed E-state index contributed by atoms with van der Waals surface area (Å²) >= 11 is 0. The van der Waals surface area contributed by atoms with Crippen LogP contribution in [0.25, 0.3) is 0 Å². The van der Waals surface area contributed by atoms with Crippen LogP contribution in [0.2, 0.25) is 0 Å². The molecule has 0 aliphatic heterocycles. The van der Waals surface area contributed by atoms with Crippen molar-refractivity contribution in [2.75, 3.05) is 10.6 Å². The Morgan fingerprint density at radius 3 is 2.68 bits per heavy atom. The third-order valence-electron chi connectivity index (χ3n) is 2.98. The fourth-order valence-electron chi connectivity index (χ4n) is 1.92. The van der Waals surface area contributed by atoms with Crippen molar-refractivity contribution in [3.63, 3.8) is 0 Å². The van der Waals surface area contributed by atoms with Gasteiger partial charge in [-0.15, -0.1) is 0 Å². The smallest absolute Gasteiger partial charge is 0.278 e. The van der Waals surface area contributed by atoms with Crippen LogP contribution in [0.4, 0.5) is 11.4 Å². The third kappa shape index (κ3) is 3.26. The second-order valence-electron chi connectivity index (χ2n) is 4.56. The van der Waals surface area contributed by atoms with Crippen molar-refractivity contribution in [2.45, 2.75) is 6.54 Å². The summed E-state index contributed by atoms with van der Waals surface area (Å²) in [7, 11) is 0. The summed E-state index contributed by atoms with van der Waals surface area (Å²) in [4.78, 5) is 20.2. The van der Waals surface area contributed by atoms with Crippen molar-refractivity contribution < 1.29 is 4.79 Å². The Morgan fingerprint density at radius 1 is 1.14 bits per heavy atom. The highest BCUT2D eigenvalue weighted by atomic mass is 16.2. The predicted octanol–water partition coefficient (Wildman–Crippen LogP) is 2.06. The Hall–Kier alpha value is -3.22. The van der Waals surface area contributed by atoms with E-state index < -0.39 is 0 Å². The first kappa shape index (κ1) is 13.7. The van der Waals surface area contributed by atoms with Crippen LogP contribution in [-0.2, 0) is 6.54 Å². The van der Waals surface area contributed by atoms with Crippen LogP contribution >= 0.6 is 0 Å². The average molecular weight is 294 g/mol. The molecule has 3 aromatic heterocycles. The van der Waals surface area contributed by atoms with Gasteiger partial charge in [0.15, 0.2) is 5.69 Å². The number of pyridine rings is 2. The van der Waals surface area contributed by atoms with E-state index in [1.807, 2.05) is 12.1 Å². The zero-order chi connectivity index (χ0) is 15.2. The molecule has 3 N–H and O–H groups in total. The lowest BCUT2D eigenvalue weighted by atomic mass is 10.2. The Bertz CT molecular complexity index is 741. The van der Waals surface area contributed by atoms with Gasteiger partial charge in [0.1, 0.15) is 0 Å². The van der Waals surface area contributed by atoms with E-state index in [0.29, 0.717) is 23.6 Å². The van der Waals surface area contributed by atoms with E-state index in [1.54, 1.807) is 43.1 Å². The van der Waals surface area contributed by atoms with E-state index in [9.17, 15) is 4.79 Å². The largest absolute Gasteiger partial charge is 0.378 e. The minimum absolute atomic E-state index is 0.299. The molecule has 3 rings (SSSR count). The SMILES string of the molecule is O=C(Nc1cccnc1)c1n[nH]cc1NCc1cccnc1. The molecule has 0 aliphatic carbocycles. The molecular weight excluding hydrogens is 280 g/mol. The Morgan fingerprint density at radius 2 is 1.95 bits per heavy atom. The molecule has 1 amide bonds. The first-order valence-corrected chi connectivity index (χ1v) is 6.71. The van der Waals surface area contributed by atoms with Crippen molar-refractivity contribution in [2.24, 2.45) is 0 Å². The summed E-state index contributed by atoms with van der Waals surface area (Å²) < 4.78 is 0. The van der Waals surface area contributed by atoms with Crippen molar-refractivity contribution in [1.29, 1.82) is 0 Å². The fraction of sp³-hybridized carbons (Fsp3) is 0.0667. The number of anilines is 2. The van der Waals surface area contributed by atoms with Gasteiger partial charge >= 0.3 is 0 Å². The maximum absolute atomic E-state index is 12.2. The van der Waals surface area contributed by atoms with E-state index in [-0.39, 0.29) is 5.91 Å². The topological polar surface area (TPSA) is 95.6 Å². The Balaban J connectivity index is 1.68. The molecule has 0 spiro atoms. The lowest BCUT2D eigenvalue weighted by molar-refractivity contribution is 0.102. The molecule has 0 aliphatic rings. The van der Waals surface area contributed by atoms with Crippen molar-refractivity contribution in [1.82, 2.24) is 20.2 Å². The average Bonchev–Trinajstić information content (AvgIpc) is 3.03. The van der Waals surface area contributed by atoms with Gasteiger partial charge in [0.25, 0.3) is 5.91 Å². The molecule has 0 saturated carbocycles.